The fourth-order valence-corrected chi connectivity index (χ4v) is 4.97. The Balaban J connectivity index is 4.15. The zero-order valence-electron chi connectivity index (χ0n) is 33.1. The van der Waals surface area contributed by atoms with Gasteiger partial charge in [-0.05, 0) is 96.3 Å². The highest BCUT2D eigenvalue weighted by molar-refractivity contribution is 7.46. The van der Waals surface area contributed by atoms with E-state index in [9.17, 15) is 14.2 Å². The molecule has 1 atom stereocenters. The Bertz CT molecular complexity index is 1280. The van der Waals surface area contributed by atoms with Gasteiger partial charge >= 0.3 is 19.8 Å². The first-order chi connectivity index (χ1) is 26.3. The molecule has 2 N–H and O–H groups in total. The molecule has 0 radical (unpaired) electrons. The third-order valence-electron chi connectivity index (χ3n) is 7.48. The largest absolute Gasteiger partial charge is 0.469 e. The van der Waals surface area contributed by atoms with E-state index >= 15 is 0 Å². The number of rotatable bonds is 34. The van der Waals surface area contributed by atoms with E-state index < -0.39 is 32.5 Å². The molecule has 0 rings (SSSR count). The van der Waals surface area contributed by atoms with Gasteiger partial charge in [-0.1, -0.05) is 142 Å². The Morgan fingerprint density at radius 1 is 0.481 bits per heavy atom. The number of hydrogen-bond acceptors (Lipinski definition) is 6. The molecule has 0 amide bonds. The van der Waals surface area contributed by atoms with E-state index in [4.69, 9.17) is 19.3 Å². The summed E-state index contributed by atoms with van der Waals surface area (Å²) in [6, 6.07) is 0. The first-order valence-corrected chi connectivity index (χ1v) is 21.4. The second-order valence-electron chi connectivity index (χ2n) is 12.5. The van der Waals surface area contributed by atoms with E-state index in [1.165, 1.54) is 0 Å². The molecule has 9 heteroatoms. The molecular weight excluding hydrogens is 699 g/mol. The predicted molar refractivity (Wildman–Crippen MR) is 225 cm³/mol. The molecule has 0 bridgehead atoms. The molecule has 0 saturated carbocycles. The summed E-state index contributed by atoms with van der Waals surface area (Å²) < 4.78 is 26.3. The van der Waals surface area contributed by atoms with Crippen LogP contribution in [-0.2, 0) is 28.2 Å². The molecule has 0 aromatic heterocycles. The monoisotopic (exact) mass is 768 g/mol. The highest BCUT2D eigenvalue weighted by Gasteiger charge is 2.22. The van der Waals surface area contributed by atoms with Crippen LogP contribution in [-0.4, -0.2) is 41.0 Å². The van der Waals surface area contributed by atoms with Gasteiger partial charge in [-0.25, -0.2) is 4.57 Å². The lowest BCUT2D eigenvalue weighted by molar-refractivity contribution is -0.161. The fourth-order valence-electron chi connectivity index (χ4n) is 4.61. The molecule has 0 aromatic carbocycles. The molecule has 302 valence electrons. The van der Waals surface area contributed by atoms with Gasteiger partial charge in [-0.3, -0.25) is 14.1 Å². The van der Waals surface area contributed by atoms with E-state index in [0.29, 0.717) is 19.3 Å². The molecular formula is C45H69O8P. The van der Waals surface area contributed by atoms with Gasteiger partial charge in [0, 0.05) is 12.8 Å². The van der Waals surface area contributed by atoms with Crippen molar-refractivity contribution in [3.05, 3.63) is 122 Å². The quantitative estimate of drug-likeness (QED) is 0.0287. The van der Waals surface area contributed by atoms with Gasteiger partial charge < -0.3 is 19.3 Å². The SMILES string of the molecule is CC/C=C/C/C=C/C/C=C/C/C=C/C/C=C/CCCCCC(=O)OC[C@H](COP(=O)(O)O)OC(=O)CCC/C=C/C/C=C/C/C=C/C/C=C/C/C=C/CC. The Hall–Kier alpha value is -3.55. The topological polar surface area (TPSA) is 119 Å². The number of unbranched alkanes of at least 4 members (excludes halogenated alkanes) is 4. The van der Waals surface area contributed by atoms with Gasteiger partial charge in [-0.2, -0.15) is 0 Å². The van der Waals surface area contributed by atoms with E-state index in [0.717, 1.165) is 83.5 Å². The summed E-state index contributed by atoms with van der Waals surface area (Å²) in [4.78, 5) is 42.8. The third-order valence-corrected chi connectivity index (χ3v) is 7.96. The van der Waals surface area contributed by atoms with E-state index in [2.05, 4.69) is 128 Å². The minimum absolute atomic E-state index is 0.118. The summed E-state index contributed by atoms with van der Waals surface area (Å²) >= 11 is 0. The molecule has 0 aliphatic carbocycles. The van der Waals surface area contributed by atoms with Crippen LogP contribution in [0.2, 0.25) is 0 Å². The van der Waals surface area contributed by atoms with Crippen LogP contribution in [0.1, 0.15) is 129 Å². The van der Waals surface area contributed by atoms with E-state index in [1.54, 1.807) is 0 Å². The molecule has 0 saturated heterocycles. The van der Waals surface area contributed by atoms with Gasteiger partial charge in [0.1, 0.15) is 6.61 Å². The third kappa shape index (κ3) is 41.2. The molecule has 0 fully saturated rings. The first kappa shape index (κ1) is 50.5. The zero-order valence-corrected chi connectivity index (χ0v) is 34.0. The van der Waals surface area contributed by atoms with Gasteiger partial charge in [0.25, 0.3) is 0 Å². The van der Waals surface area contributed by atoms with Crippen molar-refractivity contribution in [3.8, 4) is 0 Å². The Kier molecular flexibility index (Phi) is 36.6. The normalized spacial score (nSPS) is 13.8. The van der Waals surface area contributed by atoms with Crippen LogP contribution < -0.4 is 0 Å². The maximum absolute atomic E-state index is 12.4. The van der Waals surface area contributed by atoms with Crippen molar-refractivity contribution in [3.63, 3.8) is 0 Å². The lowest BCUT2D eigenvalue weighted by atomic mass is 10.1. The average Bonchev–Trinajstić information content (AvgIpc) is 3.14. The van der Waals surface area contributed by atoms with Crippen molar-refractivity contribution < 1.29 is 37.9 Å². The second kappa shape index (κ2) is 39.2. The summed E-state index contributed by atoms with van der Waals surface area (Å²) in [5.41, 5.74) is 0. The van der Waals surface area contributed by atoms with Crippen LogP contribution in [0.25, 0.3) is 0 Å². The van der Waals surface area contributed by atoms with Crippen LogP contribution in [0.3, 0.4) is 0 Å². The average molecular weight is 769 g/mol. The maximum Gasteiger partial charge on any atom is 0.469 e. The number of carbonyl (C=O) groups is 2. The summed E-state index contributed by atoms with van der Waals surface area (Å²) in [6.07, 6.45) is 56.4. The minimum atomic E-state index is -4.79. The molecule has 0 unspecified atom stereocenters. The van der Waals surface area contributed by atoms with Crippen molar-refractivity contribution in [2.45, 2.75) is 136 Å². The van der Waals surface area contributed by atoms with Crippen molar-refractivity contribution in [2.75, 3.05) is 13.2 Å². The van der Waals surface area contributed by atoms with Crippen LogP contribution in [0.5, 0.6) is 0 Å². The number of ether oxygens (including phenoxy) is 2. The zero-order chi connectivity index (χ0) is 39.6. The number of phosphoric ester groups is 1. The highest BCUT2D eigenvalue weighted by Crippen LogP contribution is 2.35. The maximum atomic E-state index is 12.4. The lowest BCUT2D eigenvalue weighted by Gasteiger charge is -2.18. The number of allylic oxidation sites excluding steroid dienone is 20. The van der Waals surface area contributed by atoms with Gasteiger partial charge in [0.05, 0.1) is 6.61 Å². The molecule has 0 aromatic rings. The Morgan fingerprint density at radius 2 is 0.852 bits per heavy atom. The van der Waals surface area contributed by atoms with Crippen molar-refractivity contribution in [1.29, 1.82) is 0 Å². The minimum Gasteiger partial charge on any atom is -0.462 e. The first-order valence-electron chi connectivity index (χ1n) is 19.8. The number of esters is 2. The number of carbonyl (C=O) groups excluding carboxylic acids is 2. The van der Waals surface area contributed by atoms with Crippen LogP contribution in [0.15, 0.2) is 122 Å². The predicted octanol–water partition coefficient (Wildman–Crippen LogP) is 12.2. The summed E-state index contributed by atoms with van der Waals surface area (Å²) in [5.74, 6) is -1.01. The van der Waals surface area contributed by atoms with Gasteiger partial charge in [0.15, 0.2) is 6.10 Å². The second-order valence-corrected chi connectivity index (χ2v) is 13.7. The Labute approximate surface area is 327 Å². The molecule has 0 aliphatic heterocycles. The van der Waals surface area contributed by atoms with Crippen molar-refractivity contribution >= 4 is 19.8 Å². The lowest BCUT2D eigenvalue weighted by Crippen LogP contribution is -2.29. The number of hydrogen-bond donors (Lipinski definition) is 2. The standard InChI is InChI=1S/C45H69O8P/c1-3-5-7-9-11-13-15-17-19-21-22-24-25-27-29-31-33-35-37-39-44(46)51-41-43(42-52-54(48,49)50)53-45(47)40-38-36-34-32-30-28-26-23-20-18-16-14-12-10-8-6-4-2/h5-8,11-14,17-20,22,24,26-29,32,34,43H,3-4,9-10,15-16,21,23,25,30-31,33,35-42H2,1-2H3,(H2,48,49,50)/b7-5+,8-6+,13-11+,14-12+,19-17+,20-18+,24-22+,28-26+,29-27+,34-32+/t43-/m1/s1. The number of phosphoric acid groups is 1. The van der Waals surface area contributed by atoms with E-state index in [1.807, 2.05) is 12.2 Å². The van der Waals surface area contributed by atoms with Crippen molar-refractivity contribution in [2.24, 2.45) is 0 Å². The molecule has 0 spiro atoms. The van der Waals surface area contributed by atoms with Gasteiger partial charge in [0.2, 0.25) is 0 Å². The van der Waals surface area contributed by atoms with Gasteiger partial charge in [-0.15, -0.1) is 0 Å². The summed E-state index contributed by atoms with van der Waals surface area (Å²) in [6.45, 7) is 3.35. The summed E-state index contributed by atoms with van der Waals surface area (Å²) in [5, 5.41) is 0. The summed E-state index contributed by atoms with van der Waals surface area (Å²) in [7, 11) is -4.79. The highest BCUT2D eigenvalue weighted by atomic mass is 31.2. The van der Waals surface area contributed by atoms with Crippen molar-refractivity contribution in [1.82, 2.24) is 0 Å². The molecule has 54 heavy (non-hydrogen) atoms. The van der Waals surface area contributed by atoms with Crippen LogP contribution >= 0.6 is 7.82 Å². The molecule has 8 nitrogen and oxygen atoms in total. The fraction of sp³-hybridized carbons (Fsp3) is 0.511. The van der Waals surface area contributed by atoms with Crippen LogP contribution in [0, 0.1) is 0 Å². The van der Waals surface area contributed by atoms with Crippen LogP contribution in [0.4, 0.5) is 0 Å². The van der Waals surface area contributed by atoms with E-state index in [-0.39, 0.29) is 19.4 Å². The smallest absolute Gasteiger partial charge is 0.462 e. The molecule has 0 heterocycles. The molecule has 0 aliphatic rings. The Morgan fingerprint density at radius 3 is 1.26 bits per heavy atom.